The Balaban J connectivity index is 1.57. The Kier molecular flexibility index (Phi) is 5.23. The van der Waals surface area contributed by atoms with Crippen LogP contribution in [0.3, 0.4) is 0 Å². The van der Waals surface area contributed by atoms with E-state index < -0.39 is 15.9 Å². The van der Waals surface area contributed by atoms with Gasteiger partial charge in [0.2, 0.25) is 0 Å². The van der Waals surface area contributed by atoms with Gasteiger partial charge in [-0.2, -0.15) is 0 Å². The summed E-state index contributed by atoms with van der Waals surface area (Å²) in [6, 6.07) is 19.8. The summed E-state index contributed by atoms with van der Waals surface area (Å²) in [7, 11) is -3.91. The molecule has 1 heterocycles. The lowest BCUT2D eigenvalue weighted by molar-refractivity contribution is 0.102. The number of benzene rings is 3. The van der Waals surface area contributed by atoms with Gasteiger partial charge in [-0.05, 0) is 42.5 Å². The molecule has 0 atom stereocenters. The van der Waals surface area contributed by atoms with E-state index in [0.717, 1.165) is 10.2 Å². The molecule has 1 amide bonds. The van der Waals surface area contributed by atoms with Gasteiger partial charge in [0.25, 0.3) is 15.9 Å². The molecule has 0 spiro atoms. The number of fused-ring (bicyclic) bond motifs is 1. The molecular weight excluding hydrogens is 430 g/mol. The lowest BCUT2D eigenvalue weighted by atomic mass is 10.2. The number of nitrogens with zero attached hydrogens (tertiary/aromatic N) is 1. The average Bonchev–Trinajstić information content (AvgIpc) is 3.12. The minimum absolute atomic E-state index is 0.0469. The molecule has 6 nitrogen and oxygen atoms in total. The van der Waals surface area contributed by atoms with E-state index in [4.69, 9.17) is 11.6 Å². The number of thiazole rings is 1. The molecule has 4 rings (SSSR count). The number of rotatable bonds is 5. The molecule has 1 aromatic heterocycles. The van der Waals surface area contributed by atoms with Crippen LogP contribution in [0.5, 0.6) is 0 Å². The molecule has 0 bridgehead atoms. The number of carbonyl (C=O) groups excluding carboxylic acids is 1. The lowest BCUT2D eigenvalue weighted by Crippen LogP contribution is -2.16. The molecule has 0 aliphatic heterocycles. The van der Waals surface area contributed by atoms with Crippen molar-refractivity contribution < 1.29 is 13.2 Å². The molecule has 0 unspecified atom stereocenters. The van der Waals surface area contributed by atoms with Crippen molar-refractivity contribution in [3.63, 3.8) is 0 Å². The van der Waals surface area contributed by atoms with Gasteiger partial charge < -0.3 is 0 Å². The molecule has 9 heteroatoms. The minimum Gasteiger partial charge on any atom is -0.298 e. The highest BCUT2D eigenvalue weighted by molar-refractivity contribution is 7.92. The monoisotopic (exact) mass is 443 g/mol. The predicted molar refractivity (Wildman–Crippen MR) is 116 cm³/mol. The molecule has 29 heavy (non-hydrogen) atoms. The standard InChI is InChI=1S/C20H14ClN3O3S2/c21-15-8-1-2-9-16(15)24-29(26,27)14-7-5-6-13(12-14)19(25)23-20-22-17-10-3-4-11-18(17)28-20/h1-12,24H,(H,22,23,25). The summed E-state index contributed by atoms with van der Waals surface area (Å²) in [5, 5.41) is 3.44. The molecule has 0 radical (unpaired) electrons. The van der Waals surface area contributed by atoms with E-state index in [-0.39, 0.29) is 21.2 Å². The summed E-state index contributed by atoms with van der Waals surface area (Å²) >= 11 is 7.37. The van der Waals surface area contributed by atoms with Crippen LogP contribution in [-0.4, -0.2) is 19.3 Å². The Morgan fingerprint density at radius 2 is 1.72 bits per heavy atom. The third kappa shape index (κ3) is 4.24. The summed E-state index contributed by atoms with van der Waals surface area (Å²) < 4.78 is 28.8. The van der Waals surface area contributed by atoms with Crippen molar-refractivity contribution in [2.75, 3.05) is 10.0 Å². The summed E-state index contributed by atoms with van der Waals surface area (Å²) in [4.78, 5) is 16.9. The van der Waals surface area contributed by atoms with Gasteiger partial charge in [-0.25, -0.2) is 13.4 Å². The Hall–Kier alpha value is -2.94. The highest BCUT2D eigenvalue weighted by Crippen LogP contribution is 2.27. The van der Waals surface area contributed by atoms with Crippen LogP contribution in [0, 0.1) is 0 Å². The van der Waals surface area contributed by atoms with Gasteiger partial charge in [0, 0.05) is 5.56 Å². The lowest BCUT2D eigenvalue weighted by Gasteiger charge is -2.10. The van der Waals surface area contributed by atoms with Crippen LogP contribution >= 0.6 is 22.9 Å². The third-order valence-corrected chi connectivity index (χ3v) is 6.68. The van der Waals surface area contributed by atoms with E-state index in [1.165, 1.54) is 35.6 Å². The number of para-hydroxylation sites is 2. The third-order valence-electron chi connectivity index (χ3n) is 4.04. The number of halogens is 1. The summed E-state index contributed by atoms with van der Waals surface area (Å²) in [5.74, 6) is -0.446. The molecule has 3 aromatic carbocycles. The number of hydrogen-bond acceptors (Lipinski definition) is 5. The number of hydrogen-bond donors (Lipinski definition) is 2. The van der Waals surface area contributed by atoms with Crippen molar-refractivity contribution in [3.8, 4) is 0 Å². The van der Waals surface area contributed by atoms with E-state index in [0.29, 0.717) is 5.13 Å². The highest BCUT2D eigenvalue weighted by Gasteiger charge is 2.18. The van der Waals surface area contributed by atoms with Gasteiger partial charge >= 0.3 is 0 Å². The van der Waals surface area contributed by atoms with Crippen molar-refractivity contribution in [2.45, 2.75) is 4.90 Å². The van der Waals surface area contributed by atoms with E-state index in [9.17, 15) is 13.2 Å². The molecule has 0 saturated heterocycles. The number of amides is 1. The first-order valence-electron chi connectivity index (χ1n) is 8.47. The Bertz CT molecular complexity index is 1290. The fraction of sp³-hybridized carbons (Fsp3) is 0. The van der Waals surface area contributed by atoms with E-state index in [2.05, 4.69) is 15.0 Å². The minimum atomic E-state index is -3.91. The molecule has 0 fully saturated rings. The van der Waals surface area contributed by atoms with E-state index >= 15 is 0 Å². The van der Waals surface area contributed by atoms with Crippen molar-refractivity contribution in [3.05, 3.63) is 83.4 Å². The normalized spacial score (nSPS) is 11.3. The molecule has 146 valence electrons. The number of anilines is 2. The number of sulfonamides is 1. The predicted octanol–water partition coefficient (Wildman–Crippen LogP) is 5.00. The van der Waals surface area contributed by atoms with Gasteiger partial charge in [-0.3, -0.25) is 14.8 Å². The fourth-order valence-electron chi connectivity index (χ4n) is 2.65. The maximum absolute atomic E-state index is 12.7. The van der Waals surface area contributed by atoms with Crippen LogP contribution in [0.1, 0.15) is 10.4 Å². The number of carbonyl (C=O) groups is 1. The first-order valence-corrected chi connectivity index (χ1v) is 11.1. The average molecular weight is 444 g/mol. The van der Waals surface area contributed by atoms with E-state index in [1.807, 2.05) is 24.3 Å². The Morgan fingerprint density at radius 1 is 0.966 bits per heavy atom. The largest absolute Gasteiger partial charge is 0.298 e. The first kappa shape index (κ1) is 19.4. The zero-order valence-electron chi connectivity index (χ0n) is 14.8. The number of aromatic nitrogens is 1. The van der Waals surface area contributed by atoms with Crippen LogP contribution in [0.2, 0.25) is 5.02 Å². The van der Waals surface area contributed by atoms with Crippen LogP contribution in [0.4, 0.5) is 10.8 Å². The van der Waals surface area contributed by atoms with Gasteiger partial charge in [0.15, 0.2) is 5.13 Å². The van der Waals surface area contributed by atoms with Crippen LogP contribution in [0.15, 0.2) is 77.7 Å². The van der Waals surface area contributed by atoms with Crippen molar-refractivity contribution in [1.29, 1.82) is 0 Å². The second-order valence-electron chi connectivity index (χ2n) is 6.05. The maximum atomic E-state index is 12.7. The second kappa shape index (κ2) is 7.82. The molecule has 0 aliphatic rings. The van der Waals surface area contributed by atoms with Crippen molar-refractivity contribution >= 4 is 59.9 Å². The van der Waals surface area contributed by atoms with Crippen LogP contribution in [-0.2, 0) is 10.0 Å². The van der Waals surface area contributed by atoms with Crippen molar-refractivity contribution in [2.24, 2.45) is 0 Å². The van der Waals surface area contributed by atoms with Gasteiger partial charge in [0.1, 0.15) is 0 Å². The fourth-order valence-corrected chi connectivity index (χ4v) is 4.87. The molecule has 2 N–H and O–H groups in total. The summed E-state index contributed by atoms with van der Waals surface area (Å²) in [5.41, 5.74) is 1.25. The van der Waals surface area contributed by atoms with Crippen LogP contribution < -0.4 is 10.0 Å². The Labute approximate surface area is 176 Å². The SMILES string of the molecule is O=C(Nc1nc2ccccc2s1)c1cccc(S(=O)(=O)Nc2ccccc2Cl)c1. The summed E-state index contributed by atoms with van der Waals surface area (Å²) in [6.07, 6.45) is 0. The zero-order valence-corrected chi connectivity index (χ0v) is 17.2. The molecular formula is C20H14ClN3O3S2. The number of nitrogens with one attached hydrogen (secondary N) is 2. The maximum Gasteiger partial charge on any atom is 0.261 e. The summed E-state index contributed by atoms with van der Waals surface area (Å²) in [6.45, 7) is 0. The van der Waals surface area contributed by atoms with Crippen molar-refractivity contribution in [1.82, 2.24) is 4.98 Å². The first-order chi connectivity index (χ1) is 13.9. The smallest absolute Gasteiger partial charge is 0.261 e. The van der Waals surface area contributed by atoms with Crippen LogP contribution in [0.25, 0.3) is 10.2 Å². The van der Waals surface area contributed by atoms with Gasteiger partial charge in [-0.1, -0.05) is 53.3 Å². The molecule has 4 aromatic rings. The van der Waals surface area contributed by atoms with Gasteiger partial charge in [0.05, 0.1) is 25.8 Å². The highest BCUT2D eigenvalue weighted by atomic mass is 35.5. The second-order valence-corrected chi connectivity index (χ2v) is 9.17. The molecule has 0 saturated carbocycles. The van der Waals surface area contributed by atoms with E-state index in [1.54, 1.807) is 24.3 Å². The topological polar surface area (TPSA) is 88.2 Å². The zero-order chi connectivity index (χ0) is 20.4. The van der Waals surface area contributed by atoms with Gasteiger partial charge in [-0.15, -0.1) is 0 Å². The Morgan fingerprint density at radius 3 is 2.52 bits per heavy atom. The quantitative estimate of drug-likeness (QED) is 0.454. The molecule has 0 aliphatic carbocycles.